The number of carbonyl (C=O) groups excluding carboxylic acids is 3. The van der Waals surface area contributed by atoms with Crippen LogP contribution < -0.4 is 15.5 Å². The van der Waals surface area contributed by atoms with E-state index in [1.165, 1.54) is 6.33 Å². The molecule has 0 radical (unpaired) electrons. The van der Waals surface area contributed by atoms with Crippen molar-refractivity contribution < 1.29 is 14.4 Å². The normalized spacial score (nSPS) is 18.6. The molecule has 198 valence electrons. The smallest absolute Gasteiger partial charge is 0.274 e. The number of nitrogens with one attached hydrogen (secondary N) is 2. The molecular formula is C29H34N6O3. The van der Waals surface area contributed by atoms with Gasteiger partial charge in [0.25, 0.3) is 11.8 Å². The number of carbonyl (C=O) groups is 3. The van der Waals surface area contributed by atoms with Crippen LogP contribution in [0.4, 0.5) is 5.69 Å². The van der Waals surface area contributed by atoms with E-state index >= 15 is 0 Å². The Morgan fingerprint density at radius 2 is 1.61 bits per heavy atom. The van der Waals surface area contributed by atoms with E-state index < -0.39 is 11.4 Å². The third-order valence-electron chi connectivity index (χ3n) is 7.36. The molecule has 1 saturated carbocycles. The van der Waals surface area contributed by atoms with Crippen molar-refractivity contribution in [2.45, 2.75) is 57.9 Å². The molecule has 0 bridgehead atoms. The number of aryl methyl sites for hydroxylation is 1. The Morgan fingerprint density at radius 3 is 2.21 bits per heavy atom. The monoisotopic (exact) mass is 514 g/mol. The molecule has 1 atom stereocenters. The summed E-state index contributed by atoms with van der Waals surface area (Å²) in [5.41, 5.74) is 3.40. The highest BCUT2D eigenvalue weighted by Gasteiger charge is 2.53. The quantitative estimate of drug-likeness (QED) is 0.482. The van der Waals surface area contributed by atoms with Gasteiger partial charge in [-0.05, 0) is 49.9 Å². The van der Waals surface area contributed by atoms with Crippen molar-refractivity contribution >= 4 is 23.4 Å². The zero-order chi connectivity index (χ0) is 27.0. The number of hydrogen-bond acceptors (Lipinski definition) is 5. The number of anilines is 1. The lowest BCUT2D eigenvalue weighted by molar-refractivity contribution is -0.133. The van der Waals surface area contributed by atoms with Crippen molar-refractivity contribution in [2.75, 3.05) is 19.0 Å². The summed E-state index contributed by atoms with van der Waals surface area (Å²) < 4.78 is 1.65. The third kappa shape index (κ3) is 4.88. The molecule has 1 unspecified atom stereocenters. The van der Waals surface area contributed by atoms with Crippen LogP contribution in [-0.4, -0.2) is 57.8 Å². The van der Waals surface area contributed by atoms with Gasteiger partial charge in [-0.1, -0.05) is 42.0 Å². The summed E-state index contributed by atoms with van der Waals surface area (Å²) in [5, 5.41) is 5.91. The Bertz CT molecular complexity index is 1360. The van der Waals surface area contributed by atoms with Gasteiger partial charge in [-0.15, -0.1) is 0 Å². The van der Waals surface area contributed by atoms with Crippen molar-refractivity contribution in [1.29, 1.82) is 0 Å². The fourth-order valence-electron chi connectivity index (χ4n) is 4.98. The molecule has 3 amide bonds. The maximum absolute atomic E-state index is 13.8. The van der Waals surface area contributed by atoms with Gasteiger partial charge < -0.3 is 25.0 Å². The first kappa shape index (κ1) is 25.5. The predicted octanol–water partition coefficient (Wildman–Crippen LogP) is 2.88. The van der Waals surface area contributed by atoms with Crippen LogP contribution >= 0.6 is 0 Å². The highest BCUT2D eigenvalue weighted by Crippen LogP contribution is 2.38. The average Bonchev–Trinajstić information content (AvgIpc) is 3.64. The number of amides is 3. The Kier molecular flexibility index (Phi) is 6.69. The minimum Gasteiger partial charge on any atom is -0.378 e. The molecule has 0 saturated heterocycles. The van der Waals surface area contributed by atoms with Crippen molar-refractivity contribution in [3.8, 4) is 0 Å². The van der Waals surface area contributed by atoms with Crippen LogP contribution in [0, 0.1) is 6.92 Å². The molecule has 1 aromatic heterocycles. The molecule has 1 aliphatic heterocycles. The van der Waals surface area contributed by atoms with Crippen molar-refractivity contribution in [2.24, 2.45) is 0 Å². The maximum atomic E-state index is 13.8. The molecule has 0 spiro atoms. The number of imidazole rings is 1. The first-order valence-corrected chi connectivity index (χ1v) is 12.9. The van der Waals surface area contributed by atoms with Crippen LogP contribution in [-0.2, 0) is 24.4 Å². The highest BCUT2D eigenvalue weighted by molar-refractivity contribution is 6.07. The number of benzene rings is 2. The van der Waals surface area contributed by atoms with Crippen molar-refractivity contribution in [3.05, 3.63) is 82.9 Å². The number of hydrogen-bond donors (Lipinski definition) is 2. The molecule has 5 rings (SSSR count). The van der Waals surface area contributed by atoms with Gasteiger partial charge in [-0.25, -0.2) is 4.98 Å². The molecule has 1 fully saturated rings. The Labute approximate surface area is 222 Å². The lowest BCUT2D eigenvalue weighted by Crippen LogP contribution is -2.64. The van der Waals surface area contributed by atoms with Crippen molar-refractivity contribution in [3.63, 3.8) is 0 Å². The molecular weight excluding hydrogens is 480 g/mol. The molecule has 9 heteroatoms. The van der Waals surface area contributed by atoms with Gasteiger partial charge in [0.15, 0.2) is 5.69 Å². The summed E-state index contributed by atoms with van der Waals surface area (Å²) in [4.78, 5) is 48.4. The number of aromatic nitrogens is 2. The maximum Gasteiger partial charge on any atom is 0.274 e. The second kappa shape index (κ2) is 9.96. The van der Waals surface area contributed by atoms with E-state index in [2.05, 4.69) is 15.6 Å². The third-order valence-corrected chi connectivity index (χ3v) is 7.36. The Balaban J connectivity index is 1.32. The molecule has 1 aliphatic carbocycles. The Morgan fingerprint density at radius 1 is 1.00 bits per heavy atom. The second-order valence-corrected chi connectivity index (χ2v) is 10.7. The van der Waals surface area contributed by atoms with E-state index in [0.717, 1.165) is 35.2 Å². The lowest BCUT2D eigenvalue weighted by atomic mass is 9.93. The van der Waals surface area contributed by atoms with E-state index in [4.69, 9.17) is 0 Å². The summed E-state index contributed by atoms with van der Waals surface area (Å²) >= 11 is 0. The van der Waals surface area contributed by atoms with Gasteiger partial charge in [0.1, 0.15) is 11.2 Å². The molecule has 38 heavy (non-hydrogen) atoms. The van der Waals surface area contributed by atoms with Gasteiger partial charge in [0.2, 0.25) is 5.91 Å². The van der Waals surface area contributed by atoms with Gasteiger partial charge in [0, 0.05) is 38.9 Å². The number of nitrogens with zero attached hydrogens (tertiary/aromatic N) is 4. The van der Waals surface area contributed by atoms with Crippen LogP contribution in [0.2, 0.25) is 0 Å². The summed E-state index contributed by atoms with van der Waals surface area (Å²) in [5.74, 6) is -0.957. The zero-order valence-corrected chi connectivity index (χ0v) is 22.3. The first-order valence-electron chi connectivity index (χ1n) is 12.9. The summed E-state index contributed by atoms with van der Waals surface area (Å²) in [7, 11) is 3.94. The molecule has 3 aromatic rings. The van der Waals surface area contributed by atoms with Crippen molar-refractivity contribution in [1.82, 2.24) is 25.1 Å². The molecule has 2 aromatic carbocycles. The fourth-order valence-corrected chi connectivity index (χ4v) is 4.98. The summed E-state index contributed by atoms with van der Waals surface area (Å²) in [6.45, 7) is 4.74. The fraction of sp³-hybridized carbons (Fsp3) is 0.379. The average molecular weight is 515 g/mol. The molecule has 9 nitrogen and oxygen atoms in total. The lowest BCUT2D eigenvalue weighted by Gasteiger charge is -2.44. The number of fused-ring (bicyclic) bond motifs is 1. The minimum atomic E-state index is -1.08. The van der Waals surface area contributed by atoms with E-state index in [0.29, 0.717) is 13.1 Å². The second-order valence-electron chi connectivity index (χ2n) is 10.7. The number of rotatable bonds is 8. The van der Waals surface area contributed by atoms with Crippen LogP contribution in [0.5, 0.6) is 0 Å². The van der Waals surface area contributed by atoms with Crippen LogP contribution in [0.25, 0.3) is 0 Å². The molecule has 2 heterocycles. The van der Waals surface area contributed by atoms with Crippen LogP contribution in [0.1, 0.15) is 57.4 Å². The van der Waals surface area contributed by atoms with Gasteiger partial charge in [-0.3, -0.25) is 14.4 Å². The predicted molar refractivity (Wildman–Crippen MR) is 145 cm³/mol. The van der Waals surface area contributed by atoms with E-state index in [-0.39, 0.29) is 35.8 Å². The first-order chi connectivity index (χ1) is 18.2. The van der Waals surface area contributed by atoms with Gasteiger partial charge in [0.05, 0.1) is 12.9 Å². The molecule has 2 aliphatic rings. The summed E-state index contributed by atoms with van der Waals surface area (Å²) in [6.07, 6.45) is 3.17. The van der Waals surface area contributed by atoms with Gasteiger partial charge in [-0.2, -0.15) is 0 Å². The standard InChI is InChI=1S/C29H34N6O3/c1-19-5-7-20(8-6-19)16-31-28(38)29(2)17-34-18-32-24(25(34)27(37)35(29)23-13-14-23)26(36)30-15-21-9-11-22(12-10-21)33(3)4/h5-12,18,23H,13-17H2,1-4H3,(H,30,36)(H,31,38). The van der Waals surface area contributed by atoms with Crippen LogP contribution in [0.3, 0.4) is 0 Å². The van der Waals surface area contributed by atoms with E-state index in [1.54, 1.807) is 16.4 Å². The minimum absolute atomic E-state index is 0.0209. The Hall–Kier alpha value is -4.14. The SMILES string of the molecule is Cc1ccc(CNC(=O)C2(C)Cn3cnc(C(=O)NCc4ccc(N(C)C)cc4)c3C(=O)N2C2CC2)cc1. The largest absolute Gasteiger partial charge is 0.378 e. The van der Waals surface area contributed by atoms with E-state index in [9.17, 15) is 14.4 Å². The van der Waals surface area contributed by atoms with Gasteiger partial charge >= 0.3 is 0 Å². The topological polar surface area (TPSA) is 99.6 Å². The highest BCUT2D eigenvalue weighted by atomic mass is 16.2. The zero-order valence-electron chi connectivity index (χ0n) is 22.3. The summed E-state index contributed by atoms with van der Waals surface area (Å²) in [6, 6.07) is 15.9. The van der Waals surface area contributed by atoms with Crippen LogP contribution in [0.15, 0.2) is 54.9 Å². The molecule has 2 N–H and O–H groups in total. The van der Waals surface area contributed by atoms with E-state index in [1.807, 2.05) is 74.4 Å².